The predicted octanol–water partition coefficient (Wildman–Crippen LogP) is 2.34. The number of aliphatic carboxylic acids is 1. The third-order valence-electron chi connectivity index (χ3n) is 3.71. The summed E-state index contributed by atoms with van der Waals surface area (Å²) in [5, 5.41) is 12.0. The molecular formula is C15H26N2O3. The van der Waals surface area contributed by atoms with Crippen LogP contribution < -0.4 is 5.32 Å². The fourth-order valence-corrected chi connectivity index (χ4v) is 2.59. The minimum atomic E-state index is -0.818. The number of hydrogen-bond donors (Lipinski definition) is 2. The molecule has 1 aliphatic heterocycles. The van der Waals surface area contributed by atoms with Gasteiger partial charge in [-0.1, -0.05) is 26.8 Å². The van der Waals surface area contributed by atoms with E-state index in [1.165, 1.54) is 0 Å². The Morgan fingerprint density at radius 2 is 2.10 bits per heavy atom. The SMILES string of the molecule is C=CCC(C)(C)CNC(=O)N1CC(C)CC(C(=O)O)C1. The van der Waals surface area contributed by atoms with E-state index in [9.17, 15) is 9.59 Å². The highest BCUT2D eigenvalue weighted by Crippen LogP contribution is 2.23. The Balaban J connectivity index is 2.54. The molecule has 0 aromatic heterocycles. The van der Waals surface area contributed by atoms with Crippen molar-refractivity contribution in [2.24, 2.45) is 17.3 Å². The highest BCUT2D eigenvalue weighted by atomic mass is 16.4. The Kier molecular flexibility index (Phi) is 5.60. The summed E-state index contributed by atoms with van der Waals surface area (Å²) in [7, 11) is 0. The molecule has 1 heterocycles. The number of likely N-dealkylation sites (tertiary alicyclic amines) is 1. The number of allylic oxidation sites excluding steroid dienone is 1. The molecule has 0 saturated carbocycles. The van der Waals surface area contributed by atoms with Gasteiger partial charge in [0.1, 0.15) is 0 Å². The lowest BCUT2D eigenvalue weighted by molar-refractivity contribution is -0.143. The molecule has 20 heavy (non-hydrogen) atoms. The van der Waals surface area contributed by atoms with Gasteiger partial charge in [-0.15, -0.1) is 6.58 Å². The summed E-state index contributed by atoms with van der Waals surface area (Å²) in [5.41, 5.74) is -0.0367. The molecule has 0 aromatic carbocycles. The number of carboxylic acid groups (broad SMARTS) is 1. The van der Waals surface area contributed by atoms with Gasteiger partial charge in [-0.25, -0.2) is 4.79 Å². The molecular weight excluding hydrogens is 256 g/mol. The molecule has 1 fully saturated rings. The van der Waals surface area contributed by atoms with Crippen LogP contribution in [0.4, 0.5) is 4.79 Å². The summed E-state index contributed by atoms with van der Waals surface area (Å²) in [6.45, 7) is 11.3. The monoisotopic (exact) mass is 282 g/mol. The molecule has 1 saturated heterocycles. The van der Waals surface area contributed by atoms with Gasteiger partial charge in [-0.05, 0) is 24.2 Å². The average molecular weight is 282 g/mol. The Morgan fingerprint density at radius 3 is 2.65 bits per heavy atom. The van der Waals surface area contributed by atoms with Crippen molar-refractivity contribution in [2.75, 3.05) is 19.6 Å². The Hall–Kier alpha value is -1.52. The molecule has 5 nitrogen and oxygen atoms in total. The second-order valence-corrected chi connectivity index (χ2v) is 6.60. The van der Waals surface area contributed by atoms with E-state index >= 15 is 0 Å². The number of carboxylic acids is 1. The number of nitrogens with zero attached hydrogens (tertiary/aromatic N) is 1. The van der Waals surface area contributed by atoms with Crippen molar-refractivity contribution in [1.29, 1.82) is 0 Å². The lowest BCUT2D eigenvalue weighted by Gasteiger charge is -2.35. The van der Waals surface area contributed by atoms with Gasteiger partial charge in [-0.3, -0.25) is 4.79 Å². The molecule has 0 bridgehead atoms. The summed E-state index contributed by atoms with van der Waals surface area (Å²) >= 11 is 0. The van der Waals surface area contributed by atoms with Crippen LogP contribution in [0.5, 0.6) is 0 Å². The third kappa shape index (κ3) is 4.87. The molecule has 0 aromatic rings. The van der Waals surface area contributed by atoms with Gasteiger partial charge in [-0.2, -0.15) is 0 Å². The third-order valence-corrected chi connectivity index (χ3v) is 3.71. The van der Waals surface area contributed by atoms with Gasteiger partial charge >= 0.3 is 12.0 Å². The van der Waals surface area contributed by atoms with Crippen LogP contribution in [0.3, 0.4) is 0 Å². The maximum Gasteiger partial charge on any atom is 0.317 e. The van der Waals surface area contributed by atoms with E-state index in [-0.39, 0.29) is 17.4 Å². The van der Waals surface area contributed by atoms with Crippen molar-refractivity contribution in [1.82, 2.24) is 10.2 Å². The van der Waals surface area contributed by atoms with Gasteiger partial charge < -0.3 is 15.3 Å². The van der Waals surface area contributed by atoms with E-state index in [1.807, 2.05) is 13.0 Å². The molecule has 1 rings (SSSR count). The van der Waals surface area contributed by atoms with Gasteiger partial charge in [0.05, 0.1) is 5.92 Å². The molecule has 5 heteroatoms. The number of amides is 2. The van der Waals surface area contributed by atoms with Crippen molar-refractivity contribution < 1.29 is 14.7 Å². The van der Waals surface area contributed by atoms with Gasteiger partial charge in [0.2, 0.25) is 0 Å². The van der Waals surface area contributed by atoms with Crippen LogP contribution in [-0.2, 0) is 4.79 Å². The first-order valence-electron chi connectivity index (χ1n) is 7.11. The topological polar surface area (TPSA) is 69.6 Å². The maximum atomic E-state index is 12.2. The Morgan fingerprint density at radius 1 is 1.45 bits per heavy atom. The number of carbonyl (C=O) groups excluding carboxylic acids is 1. The number of nitrogens with one attached hydrogen (secondary N) is 1. The van der Waals surface area contributed by atoms with Crippen molar-refractivity contribution in [3.8, 4) is 0 Å². The second kappa shape index (κ2) is 6.77. The number of piperidine rings is 1. The van der Waals surface area contributed by atoms with E-state index < -0.39 is 11.9 Å². The largest absolute Gasteiger partial charge is 0.481 e. The van der Waals surface area contributed by atoms with Crippen molar-refractivity contribution in [3.05, 3.63) is 12.7 Å². The first-order valence-corrected chi connectivity index (χ1v) is 7.11. The molecule has 114 valence electrons. The summed E-state index contributed by atoms with van der Waals surface area (Å²) in [6, 6.07) is -0.167. The highest BCUT2D eigenvalue weighted by Gasteiger charge is 2.32. The summed E-state index contributed by atoms with van der Waals surface area (Å²) in [4.78, 5) is 24.9. The molecule has 0 spiro atoms. The Labute approximate surface area is 121 Å². The van der Waals surface area contributed by atoms with Gasteiger partial charge in [0, 0.05) is 19.6 Å². The number of carbonyl (C=O) groups is 2. The standard InChI is InChI=1S/C15H26N2O3/c1-5-6-15(3,4)10-16-14(20)17-8-11(2)7-12(9-17)13(18)19/h5,11-12H,1,6-10H2,2-4H3,(H,16,20)(H,18,19). The molecule has 2 amide bonds. The van der Waals surface area contributed by atoms with Crippen LogP contribution in [0.15, 0.2) is 12.7 Å². The van der Waals surface area contributed by atoms with Crippen LogP contribution in [-0.4, -0.2) is 41.6 Å². The average Bonchev–Trinajstić information content (AvgIpc) is 2.35. The van der Waals surface area contributed by atoms with Crippen LogP contribution in [0.1, 0.15) is 33.6 Å². The molecule has 2 atom stereocenters. The lowest BCUT2D eigenvalue weighted by atomic mass is 9.89. The van der Waals surface area contributed by atoms with Crippen LogP contribution >= 0.6 is 0 Å². The van der Waals surface area contributed by atoms with E-state index in [4.69, 9.17) is 5.11 Å². The van der Waals surface area contributed by atoms with Crippen LogP contribution in [0, 0.1) is 17.3 Å². The summed E-state index contributed by atoms with van der Waals surface area (Å²) in [5.74, 6) is -1.05. The molecule has 0 aliphatic carbocycles. The van der Waals surface area contributed by atoms with E-state index in [2.05, 4.69) is 25.7 Å². The fourth-order valence-electron chi connectivity index (χ4n) is 2.59. The molecule has 0 radical (unpaired) electrons. The maximum absolute atomic E-state index is 12.2. The number of rotatable bonds is 5. The normalized spacial score (nSPS) is 23.2. The number of urea groups is 1. The highest BCUT2D eigenvalue weighted by molar-refractivity contribution is 5.76. The van der Waals surface area contributed by atoms with E-state index in [0.717, 1.165) is 6.42 Å². The Bertz CT molecular complexity index is 379. The zero-order valence-corrected chi connectivity index (χ0v) is 12.7. The second-order valence-electron chi connectivity index (χ2n) is 6.60. The first-order chi connectivity index (χ1) is 9.25. The van der Waals surface area contributed by atoms with E-state index in [1.54, 1.807) is 4.90 Å². The van der Waals surface area contributed by atoms with Crippen molar-refractivity contribution in [3.63, 3.8) is 0 Å². The zero-order valence-electron chi connectivity index (χ0n) is 12.7. The van der Waals surface area contributed by atoms with Crippen LogP contribution in [0.25, 0.3) is 0 Å². The smallest absolute Gasteiger partial charge is 0.317 e. The van der Waals surface area contributed by atoms with Crippen molar-refractivity contribution >= 4 is 12.0 Å². The minimum absolute atomic E-state index is 0.0367. The summed E-state index contributed by atoms with van der Waals surface area (Å²) in [6.07, 6.45) is 3.30. The van der Waals surface area contributed by atoms with Crippen molar-refractivity contribution in [2.45, 2.75) is 33.6 Å². The lowest BCUT2D eigenvalue weighted by Crippen LogP contribution is -2.50. The van der Waals surface area contributed by atoms with Gasteiger partial charge in [0.25, 0.3) is 0 Å². The fraction of sp³-hybridized carbons (Fsp3) is 0.733. The predicted molar refractivity (Wildman–Crippen MR) is 78.5 cm³/mol. The van der Waals surface area contributed by atoms with Gasteiger partial charge in [0.15, 0.2) is 0 Å². The zero-order chi connectivity index (χ0) is 15.3. The molecule has 2 unspecified atom stereocenters. The molecule has 2 N–H and O–H groups in total. The molecule has 1 aliphatic rings. The number of hydrogen-bond acceptors (Lipinski definition) is 2. The quantitative estimate of drug-likeness (QED) is 0.760. The minimum Gasteiger partial charge on any atom is -0.481 e. The summed E-state index contributed by atoms with van der Waals surface area (Å²) < 4.78 is 0. The van der Waals surface area contributed by atoms with E-state index in [0.29, 0.717) is 26.1 Å². The first kappa shape index (κ1) is 16.5. The van der Waals surface area contributed by atoms with Crippen LogP contribution in [0.2, 0.25) is 0 Å².